The molecule has 0 aliphatic rings. The van der Waals surface area contributed by atoms with E-state index in [0.29, 0.717) is 0 Å². The molecule has 0 fully saturated rings. The van der Waals surface area contributed by atoms with Gasteiger partial charge in [0.05, 0.1) is 5.92 Å². The number of anilines is 1. The number of carbonyl (C=O) groups is 2. The molecule has 0 aliphatic heterocycles. The van der Waals surface area contributed by atoms with Crippen molar-refractivity contribution >= 4 is 17.6 Å². The quantitative estimate of drug-likeness (QED) is 0.728. The van der Waals surface area contributed by atoms with Crippen molar-refractivity contribution in [1.29, 1.82) is 0 Å². The summed E-state index contributed by atoms with van der Waals surface area (Å²) in [6.45, 7) is 3.42. The first-order chi connectivity index (χ1) is 13.0. The van der Waals surface area contributed by atoms with Crippen LogP contribution in [0.4, 0.5) is 18.9 Å². The van der Waals surface area contributed by atoms with Gasteiger partial charge in [-0.1, -0.05) is 36.8 Å². The summed E-state index contributed by atoms with van der Waals surface area (Å²) < 4.78 is 40.3. The van der Waals surface area contributed by atoms with Crippen LogP contribution in [-0.4, -0.2) is 23.3 Å². The smallest absolute Gasteiger partial charge is 0.481 e. The molecule has 2 atom stereocenters. The molecular formula is C20H20F3NO4. The highest BCUT2D eigenvalue weighted by atomic mass is 19.4. The number of alkyl halides is 3. The fraction of sp³-hybridized carbons (Fsp3) is 0.300. The minimum absolute atomic E-state index is 0.183. The lowest BCUT2D eigenvalue weighted by atomic mass is 9.87. The number of nitrogens with one attached hydrogen (secondary N) is 1. The summed E-state index contributed by atoms with van der Waals surface area (Å²) in [5.41, 5.74) is 2.08. The third kappa shape index (κ3) is 6.29. The van der Waals surface area contributed by atoms with Crippen molar-refractivity contribution < 1.29 is 32.6 Å². The second-order valence-electron chi connectivity index (χ2n) is 6.48. The maximum Gasteiger partial charge on any atom is 0.573 e. The van der Waals surface area contributed by atoms with Crippen LogP contribution in [0, 0.1) is 18.8 Å². The molecule has 0 saturated carbocycles. The Morgan fingerprint density at radius 1 is 1.07 bits per heavy atom. The van der Waals surface area contributed by atoms with Crippen LogP contribution in [0.5, 0.6) is 5.75 Å². The van der Waals surface area contributed by atoms with Crippen molar-refractivity contribution in [1.82, 2.24) is 0 Å². The Kier molecular flexibility index (Phi) is 6.66. The van der Waals surface area contributed by atoms with Gasteiger partial charge in [0.1, 0.15) is 5.75 Å². The average molecular weight is 395 g/mol. The van der Waals surface area contributed by atoms with E-state index in [1.54, 1.807) is 0 Å². The van der Waals surface area contributed by atoms with E-state index in [-0.39, 0.29) is 12.1 Å². The van der Waals surface area contributed by atoms with Crippen molar-refractivity contribution in [3.05, 3.63) is 59.7 Å². The molecule has 28 heavy (non-hydrogen) atoms. The maximum absolute atomic E-state index is 12.4. The lowest BCUT2D eigenvalue weighted by Gasteiger charge is -2.20. The predicted octanol–water partition coefficient (Wildman–Crippen LogP) is 4.41. The van der Waals surface area contributed by atoms with Crippen LogP contribution >= 0.6 is 0 Å². The number of halogens is 3. The first-order valence-electron chi connectivity index (χ1n) is 8.50. The van der Waals surface area contributed by atoms with Crippen LogP contribution in [0.25, 0.3) is 0 Å². The van der Waals surface area contributed by atoms with Crippen LogP contribution in [0.3, 0.4) is 0 Å². The fourth-order valence-electron chi connectivity index (χ4n) is 2.63. The Labute approximate surface area is 160 Å². The highest BCUT2D eigenvalue weighted by Crippen LogP contribution is 2.25. The van der Waals surface area contributed by atoms with Crippen molar-refractivity contribution in [3.63, 3.8) is 0 Å². The van der Waals surface area contributed by atoms with E-state index in [2.05, 4.69) is 10.1 Å². The predicted molar refractivity (Wildman–Crippen MR) is 96.9 cm³/mol. The zero-order chi connectivity index (χ0) is 20.9. The van der Waals surface area contributed by atoms with Gasteiger partial charge in [0, 0.05) is 11.6 Å². The number of rotatable bonds is 7. The summed E-state index contributed by atoms with van der Waals surface area (Å²) in [5.74, 6) is -3.86. The number of ether oxygens (including phenoxy) is 1. The van der Waals surface area contributed by atoms with Crippen LogP contribution in [0.15, 0.2) is 48.5 Å². The summed E-state index contributed by atoms with van der Waals surface area (Å²) in [7, 11) is 0. The molecule has 0 aromatic heterocycles. The normalized spacial score (nSPS) is 13.5. The second kappa shape index (κ2) is 8.77. The second-order valence-corrected chi connectivity index (χ2v) is 6.48. The summed E-state index contributed by atoms with van der Waals surface area (Å²) in [5, 5.41) is 12.0. The van der Waals surface area contributed by atoms with Crippen molar-refractivity contribution in [2.45, 2.75) is 26.6 Å². The Balaban J connectivity index is 2.04. The Bertz CT molecular complexity index is 817. The van der Waals surface area contributed by atoms with Crippen LogP contribution in [0.2, 0.25) is 0 Å². The molecule has 5 nitrogen and oxygen atoms in total. The molecule has 0 saturated heterocycles. The van der Waals surface area contributed by atoms with E-state index in [1.165, 1.54) is 19.1 Å². The van der Waals surface area contributed by atoms with Gasteiger partial charge in [0.15, 0.2) is 0 Å². The van der Waals surface area contributed by atoms with Gasteiger partial charge < -0.3 is 15.2 Å². The van der Waals surface area contributed by atoms with E-state index in [4.69, 9.17) is 0 Å². The number of aryl methyl sites for hydroxylation is 1. The van der Waals surface area contributed by atoms with Crippen LogP contribution in [0.1, 0.15) is 18.1 Å². The van der Waals surface area contributed by atoms with E-state index in [1.807, 2.05) is 31.2 Å². The van der Waals surface area contributed by atoms with Gasteiger partial charge in [-0.25, -0.2) is 0 Å². The number of amides is 1. The van der Waals surface area contributed by atoms with Gasteiger partial charge in [0.2, 0.25) is 5.91 Å². The van der Waals surface area contributed by atoms with Gasteiger partial charge in [-0.3, -0.25) is 9.59 Å². The van der Waals surface area contributed by atoms with Gasteiger partial charge in [-0.2, -0.15) is 0 Å². The van der Waals surface area contributed by atoms with Gasteiger partial charge >= 0.3 is 12.3 Å². The number of aliphatic carboxylic acids is 1. The van der Waals surface area contributed by atoms with Crippen molar-refractivity contribution in [2.75, 3.05) is 5.32 Å². The number of carboxylic acid groups (broad SMARTS) is 1. The topological polar surface area (TPSA) is 75.6 Å². The van der Waals surface area contributed by atoms with E-state index < -0.39 is 35.8 Å². The zero-order valence-corrected chi connectivity index (χ0v) is 15.3. The fourth-order valence-corrected chi connectivity index (χ4v) is 2.63. The molecule has 0 aliphatic carbocycles. The Hall–Kier alpha value is -3.03. The molecular weight excluding hydrogens is 375 g/mol. The summed E-state index contributed by atoms with van der Waals surface area (Å²) in [6, 6.07) is 12.0. The SMILES string of the molecule is Cc1ccc(C[C@@H](C(=O)O)[C@H](C)C(=O)Nc2ccc(OC(F)(F)F)cc2)cc1. The lowest BCUT2D eigenvalue weighted by Crippen LogP contribution is -2.33. The number of carbonyl (C=O) groups excluding carboxylic acids is 1. The Morgan fingerprint density at radius 3 is 2.14 bits per heavy atom. The third-order valence-electron chi connectivity index (χ3n) is 4.27. The minimum atomic E-state index is -4.80. The molecule has 8 heteroatoms. The van der Waals surface area contributed by atoms with Crippen LogP contribution in [-0.2, 0) is 16.0 Å². The first kappa shape index (κ1) is 21.3. The molecule has 0 spiro atoms. The van der Waals surface area contributed by atoms with Crippen molar-refractivity contribution in [2.24, 2.45) is 11.8 Å². The average Bonchev–Trinajstić information content (AvgIpc) is 2.60. The minimum Gasteiger partial charge on any atom is -0.481 e. The number of carboxylic acids is 1. The zero-order valence-electron chi connectivity index (χ0n) is 15.3. The van der Waals surface area contributed by atoms with Gasteiger partial charge in [0.25, 0.3) is 0 Å². The molecule has 150 valence electrons. The first-order valence-corrected chi connectivity index (χ1v) is 8.50. The molecule has 1 amide bonds. The third-order valence-corrected chi connectivity index (χ3v) is 4.27. The van der Waals surface area contributed by atoms with E-state index in [0.717, 1.165) is 23.3 Å². The molecule has 0 heterocycles. The highest BCUT2D eigenvalue weighted by molar-refractivity contribution is 5.94. The number of hydrogen-bond acceptors (Lipinski definition) is 3. The molecule has 2 aromatic rings. The van der Waals surface area contributed by atoms with Gasteiger partial charge in [-0.15, -0.1) is 13.2 Å². The monoisotopic (exact) mass is 395 g/mol. The molecule has 0 unspecified atom stereocenters. The van der Waals surface area contributed by atoms with E-state index in [9.17, 15) is 27.9 Å². The largest absolute Gasteiger partial charge is 0.573 e. The number of hydrogen-bond donors (Lipinski definition) is 2. The summed E-state index contributed by atoms with van der Waals surface area (Å²) >= 11 is 0. The van der Waals surface area contributed by atoms with Gasteiger partial charge in [-0.05, 0) is 43.2 Å². The lowest BCUT2D eigenvalue weighted by molar-refractivity contribution is -0.274. The number of benzene rings is 2. The van der Waals surface area contributed by atoms with Crippen molar-refractivity contribution in [3.8, 4) is 5.75 Å². The summed E-state index contributed by atoms with van der Waals surface area (Å²) in [6.07, 6.45) is -4.62. The standard InChI is InChI=1S/C20H20F3NO4/c1-12-3-5-14(6-4-12)11-17(19(26)27)13(2)18(25)24-15-7-9-16(10-8-15)28-20(21,22)23/h3-10,13,17H,11H2,1-2H3,(H,24,25)(H,26,27)/t13-,17+/m0/s1. The molecule has 0 radical (unpaired) electrons. The highest BCUT2D eigenvalue weighted by Gasteiger charge is 2.32. The van der Waals surface area contributed by atoms with Crippen LogP contribution < -0.4 is 10.1 Å². The molecule has 2 N–H and O–H groups in total. The molecule has 2 aromatic carbocycles. The molecule has 2 rings (SSSR count). The molecule has 0 bridgehead atoms. The Morgan fingerprint density at radius 2 is 1.64 bits per heavy atom. The maximum atomic E-state index is 12.4. The summed E-state index contributed by atoms with van der Waals surface area (Å²) in [4.78, 5) is 24.1. The van der Waals surface area contributed by atoms with E-state index >= 15 is 0 Å².